The second-order valence-electron chi connectivity index (χ2n) is 6.32. The first-order chi connectivity index (χ1) is 11.6. The topological polar surface area (TPSA) is 90.0 Å². The highest BCUT2D eigenvalue weighted by Gasteiger charge is 2.31. The standard InChI is InChI=1S/C17H23NO6S/c1-11-9-18(10-12(2)23-11)16(19)13(3)24-17(20)14-7-5-6-8-15(14)25(4,21)22/h5-8,11-13H,9-10H2,1-4H3. The normalized spacial score (nSPS) is 22.3. The lowest BCUT2D eigenvalue weighted by Gasteiger charge is -2.36. The summed E-state index contributed by atoms with van der Waals surface area (Å²) in [5.74, 6) is -1.16. The molecule has 0 spiro atoms. The number of benzene rings is 1. The lowest BCUT2D eigenvalue weighted by molar-refractivity contribution is -0.151. The Kier molecular flexibility index (Phi) is 5.84. The summed E-state index contributed by atoms with van der Waals surface area (Å²) in [6.07, 6.45) is -0.190. The summed E-state index contributed by atoms with van der Waals surface area (Å²) in [4.78, 5) is 26.3. The molecule has 0 aliphatic carbocycles. The van der Waals surface area contributed by atoms with Crippen LogP contribution in [0.1, 0.15) is 31.1 Å². The first-order valence-corrected chi connectivity index (χ1v) is 9.93. The second kappa shape index (κ2) is 7.53. The van der Waals surface area contributed by atoms with Crippen molar-refractivity contribution in [3.63, 3.8) is 0 Å². The zero-order valence-corrected chi connectivity index (χ0v) is 15.6. The molecule has 25 heavy (non-hydrogen) atoms. The van der Waals surface area contributed by atoms with E-state index >= 15 is 0 Å². The monoisotopic (exact) mass is 369 g/mol. The molecule has 1 saturated heterocycles. The summed E-state index contributed by atoms with van der Waals surface area (Å²) < 4.78 is 34.4. The Morgan fingerprint density at radius 2 is 1.76 bits per heavy atom. The molecule has 1 heterocycles. The highest BCUT2D eigenvalue weighted by atomic mass is 32.2. The molecule has 0 saturated carbocycles. The van der Waals surface area contributed by atoms with Crippen LogP contribution in [-0.4, -0.2) is 62.9 Å². The molecule has 138 valence electrons. The van der Waals surface area contributed by atoms with Gasteiger partial charge in [0.15, 0.2) is 15.9 Å². The van der Waals surface area contributed by atoms with Crippen molar-refractivity contribution in [3.05, 3.63) is 29.8 Å². The Hall–Kier alpha value is -1.93. The number of carbonyl (C=O) groups excluding carboxylic acids is 2. The number of hydrogen-bond acceptors (Lipinski definition) is 6. The predicted octanol–water partition coefficient (Wildman–Crippen LogP) is 1.27. The molecule has 1 amide bonds. The van der Waals surface area contributed by atoms with E-state index in [1.807, 2.05) is 13.8 Å². The molecule has 1 aromatic rings. The van der Waals surface area contributed by atoms with E-state index in [4.69, 9.17) is 9.47 Å². The summed E-state index contributed by atoms with van der Waals surface area (Å²) in [6, 6.07) is 5.78. The molecule has 3 unspecified atom stereocenters. The van der Waals surface area contributed by atoms with Gasteiger partial charge < -0.3 is 14.4 Å². The molecule has 0 bridgehead atoms. The van der Waals surface area contributed by atoms with Gasteiger partial charge in [-0.15, -0.1) is 0 Å². The number of ether oxygens (including phenoxy) is 2. The van der Waals surface area contributed by atoms with Gasteiger partial charge in [0.05, 0.1) is 22.7 Å². The van der Waals surface area contributed by atoms with Crippen LogP contribution >= 0.6 is 0 Å². The molecule has 7 nitrogen and oxygen atoms in total. The number of carbonyl (C=O) groups is 2. The van der Waals surface area contributed by atoms with Gasteiger partial charge in [-0.2, -0.15) is 0 Å². The van der Waals surface area contributed by atoms with Crippen molar-refractivity contribution in [2.24, 2.45) is 0 Å². The molecule has 2 rings (SSSR count). The molecule has 0 radical (unpaired) electrons. The molecule has 1 aliphatic heterocycles. The molecule has 1 aliphatic rings. The highest BCUT2D eigenvalue weighted by Crippen LogP contribution is 2.18. The summed E-state index contributed by atoms with van der Waals surface area (Å²) in [7, 11) is -3.58. The number of esters is 1. The fourth-order valence-corrected chi connectivity index (χ4v) is 3.72. The van der Waals surface area contributed by atoms with Crippen molar-refractivity contribution in [1.29, 1.82) is 0 Å². The first-order valence-electron chi connectivity index (χ1n) is 8.04. The van der Waals surface area contributed by atoms with Crippen LogP contribution in [0.15, 0.2) is 29.2 Å². The van der Waals surface area contributed by atoms with E-state index < -0.39 is 21.9 Å². The van der Waals surface area contributed by atoms with E-state index in [2.05, 4.69) is 0 Å². The molecule has 8 heteroatoms. The third-order valence-corrected chi connectivity index (χ3v) is 5.02. The quantitative estimate of drug-likeness (QED) is 0.743. The van der Waals surface area contributed by atoms with Crippen LogP contribution in [0.2, 0.25) is 0 Å². The van der Waals surface area contributed by atoms with Crippen LogP contribution in [0, 0.1) is 0 Å². The SMILES string of the molecule is CC1CN(C(=O)C(C)OC(=O)c2ccccc2S(C)(=O)=O)CC(C)O1. The van der Waals surface area contributed by atoms with Crippen molar-refractivity contribution in [2.75, 3.05) is 19.3 Å². The fraction of sp³-hybridized carbons (Fsp3) is 0.529. The Labute approximate surface area is 147 Å². The van der Waals surface area contributed by atoms with Crippen molar-refractivity contribution >= 4 is 21.7 Å². The van der Waals surface area contributed by atoms with Gasteiger partial charge in [0.2, 0.25) is 0 Å². The van der Waals surface area contributed by atoms with Crippen LogP contribution in [0.4, 0.5) is 0 Å². The van der Waals surface area contributed by atoms with Crippen LogP contribution in [0.25, 0.3) is 0 Å². The maximum Gasteiger partial charge on any atom is 0.340 e. The lowest BCUT2D eigenvalue weighted by atomic mass is 10.2. The van der Waals surface area contributed by atoms with Gasteiger partial charge in [-0.1, -0.05) is 12.1 Å². The minimum absolute atomic E-state index is 0.0756. The van der Waals surface area contributed by atoms with Crippen LogP contribution in [-0.2, 0) is 24.1 Å². The van der Waals surface area contributed by atoms with Crippen molar-refractivity contribution < 1.29 is 27.5 Å². The van der Waals surface area contributed by atoms with Gasteiger partial charge in [-0.05, 0) is 32.9 Å². The first kappa shape index (κ1) is 19.4. The van der Waals surface area contributed by atoms with E-state index in [1.165, 1.54) is 25.1 Å². The number of morpholine rings is 1. The van der Waals surface area contributed by atoms with E-state index in [0.29, 0.717) is 13.1 Å². The second-order valence-corrected chi connectivity index (χ2v) is 8.30. The highest BCUT2D eigenvalue weighted by molar-refractivity contribution is 7.90. The number of sulfone groups is 1. The maximum atomic E-state index is 12.5. The smallest absolute Gasteiger partial charge is 0.340 e. The molecule has 1 aromatic carbocycles. The Balaban J connectivity index is 2.12. The molecule has 1 fully saturated rings. The Morgan fingerprint density at radius 1 is 1.20 bits per heavy atom. The number of amides is 1. The van der Waals surface area contributed by atoms with E-state index in [9.17, 15) is 18.0 Å². The largest absolute Gasteiger partial charge is 0.449 e. The zero-order valence-electron chi connectivity index (χ0n) is 14.8. The molecule has 3 atom stereocenters. The minimum Gasteiger partial charge on any atom is -0.449 e. The fourth-order valence-electron chi connectivity index (χ4n) is 2.85. The summed E-state index contributed by atoms with van der Waals surface area (Å²) >= 11 is 0. The van der Waals surface area contributed by atoms with Crippen LogP contribution in [0.5, 0.6) is 0 Å². The van der Waals surface area contributed by atoms with E-state index in [-0.39, 0.29) is 28.6 Å². The molecular weight excluding hydrogens is 346 g/mol. The van der Waals surface area contributed by atoms with Gasteiger partial charge in [-0.25, -0.2) is 13.2 Å². The molecule has 0 aromatic heterocycles. The van der Waals surface area contributed by atoms with Gasteiger partial charge in [0.25, 0.3) is 5.91 Å². The third kappa shape index (κ3) is 4.79. The predicted molar refractivity (Wildman–Crippen MR) is 91.0 cm³/mol. The Morgan fingerprint density at radius 3 is 2.32 bits per heavy atom. The molecule has 0 N–H and O–H groups in total. The number of rotatable bonds is 4. The third-order valence-electron chi connectivity index (χ3n) is 3.87. The van der Waals surface area contributed by atoms with Gasteiger partial charge in [-0.3, -0.25) is 4.79 Å². The van der Waals surface area contributed by atoms with E-state index in [1.54, 1.807) is 11.0 Å². The van der Waals surface area contributed by atoms with Crippen LogP contribution < -0.4 is 0 Å². The summed E-state index contributed by atoms with van der Waals surface area (Å²) in [5.41, 5.74) is -0.0756. The minimum atomic E-state index is -3.58. The lowest BCUT2D eigenvalue weighted by Crippen LogP contribution is -2.51. The number of hydrogen-bond donors (Lipinski definition) is 0. The van der Waals surface area contributed by atoms with Gasteiger partial charge in [0, 0.05) is 19.3 Å². The molecular formula is C17H23NO6S. The summed E-state index contributed by atoms with van der Waals surface area (Å²) in [6.45, 7) is 6.06. The Bertz CT molecular complexity index is 750. The maximum absolute atomic E-state index is 12.5. The number of nitrogens with zero attached hydrogens (tertiary/aromatic N) is 1. The van der Waals surface area contributed by atoms with E-state index in [0.717, 1.165) is 6.26 Å². The van der Waals surface area contributed by atoms with Gasteiger partial charge >= 0.3 is 5.97 Å². The van der Waals surface area contributed by atoms with Gasteiger partial charge in [0.1, 0.15) is 0 Å². The van der Waals surface area contributed by atoms with Crippen molar-refractivity contribution in [2.45, 2.75) is 44.0 Å². The average Bonchev–Trinajstić information content (AvgIpc) is 2.52. The van der Waals surface area contributed by atoms with Crippen molar-refractivity contribution in [1.82, 2.24) is 4.90 Å². The van der Waals surface area contributed by atoms with Crippen LogP contribution in [0.3, 0.4) is 0 Å². The average molecular weight is 369 g/mol. The zero-order chi connectivity index (χ0) is 18.8. The van der Waals surface area contributed by atoms with Crippen molar-refractivity contribution in [3.8, 4) is 0 Å². The summed E-state index contributed by atoms with van der Waals surface area (Å²) in [5, 5.41) is 0.